The van der Waals surface area contributed by atoms with Crippen LogP contribution in [0.3, 0.4) is 0 Å². The van der Waals surface area contributed by atoms with Crippen molar-refractivity contribution in [2.24, 2.45) is 0 Å². The number of rotatable bonds is 5. The predicted octanol–water partition coefficient (Wildman–Crippen LogP) is 4.08. The van der Waals surface area contributed by atoms with E-state index in [9.17, 15) is 0 Å². The van der Waals surface area contributed by atoms with Crippen molar-refractivity contribution >= 4 is 5.69 Å². The Hall–Kier alpha value is -1.96. The van der Waals surface area contributed by atoms with E-state index in [4.69, 9.17) is 4.74 Å². The fourth-order valence-electron chi connectivity index (χ4n) is 2.10. The summed E-state index contributed by atoms with van der Waals surface area (Å²) in [4.78, 5) is 0. The quantitative estimate of drug-likeness (QED) is 0.869. The normalized spacial score (nSPS) is 11.1. The van der Waals surface area contributed by atoms with Crippen LogP contribution in [-0.2, 0) is 5.41 Å². The summed E-state index contributed by atoms with van der Waals surface area (Å²) in [5.74, 6) is 0.881. The molecule has 0 aliphatic rings. The zero-order valence-electron chi connectivity index (χ0n) is 11.8. The molecule has 0 spiro atoms. The summed E-state index contributed by atoms with van der Waals surface area (Å²) < 4.78 is 5.35. The lowest BCUT2D eigenvalue weighted by Crippen LogP contribution is -2.27. The first-order valence-corrected chi connectivity index (χ1v) is 6.56. The Kier molecular flexibility index (Phi) is 4.10. The molecule has 2 heteroatoms. The van der Waals surface area contributed by atoms with Gasteiger partial charge in [0.25, 0.3) is 0 Å². The second-order valence-electron chi connectivity index (χ2n) is 5.30. The molecule has 2 aromatic rings. The van der Waals surface area contributed by atoms with Crippen LogP contribution in [0.15, 0.2) is 54.6 Å². The molecule has 19 heavy (non-hydrogen) atoms. The molecule has 2 nitrogen and oxygen atoms in total. The second-order valence-corrected chi connectivity index (χ2v) is 5.30. The lowest BCUT2D eigenvalue weighted by Gasteiger charge is -2.26. The minimum Gasteiger partial charge on any atom is -0.495 e. The molecule has 0 heterocycles. The highest BCUT2D eigenvalue weighted by atomic mass is 16.5. The van der Waals surface area contributed by atoms with Gasteiger partial charge >= 0.3 is 0 Å². The Morgan fingerprint density at radius 1 is 0.947 bits per heavy atom. The average molecular weight is 255 g/mol. The third-order valence-corrected chi connectivity index (χ3v) is 3.38. The van der Waals surface area contributed by atoms with Crippen LogP contribution < -0.4 is 10.1 Å². The molecule has 1 N–H and O–H groups in total. The van der Waals surface area contributed by atoms with E-state index in [1.807, 2.05) is 30.3 Å². The summed E-state index contributed by atoms with van der Waals surface area (Å²) in [7, 11) is 1.70. The average Bonchev–Trinajstić information content (AvgIpc) is 2.46. The number of ether oxygens (including phenoxy) is 1. The fraction of sp³-hybridized carbons (Fsp3) is 0.294. The van der Waals surface area contributed by atoms with Crippen LogP contribution in [0.5, 0.6) is 5.75 Å². The van der Waals surface area contributed by atoms with Gasteiger partial charge in [-0.05, 0) is 17.7 Å². The maximum atomic E-state index is 5.35. The SMILES string of the molecule is COc1ccccc1NCC(C)(C)c1ccccc1. The topological polar surface area (TPSA) is 21.3 Å². The van der Waals surface area contributed by atoms with Crippen molar-refractivity contribution in [2.75, 3.05) is 19.0 Å². The number of methoxy groups -OCH3 is 1. The summed E-state index contributed by atoms with van der Waals surface area (Å²) in [5, 5.41) is 3.48. The number of benzene rings is 2. The minimum absolute atomic E-state index is 0.0715. The van der Waals surface area contributed by atoms with E-state index >= 15 is 0 Å². The van der Waals surface area contributed by atoms with Gasteiger partial charge in [-0.15, -0.1) is 0 Å². The summed E-state index contributed by atoms with van der Waals surface area (Å²) in [6, 6.07) is 18.6. The van der Waals surface area contributed by atoms with Crippen LogP contribution >= 0.6 is 0 Å². The van der Waals surface area contributed by atoms with Crippen LogP contribution in [-0.4, -0.2) is 13.7 Å². The highest BCUT2D eigenvalue weighted by Crippen LogP contribution is 2.27. The van der Waals surface area contributed by atoms with Crippen molar-refractivity contribution in [3.63, 3.8) is 0 Å². The molecule has 0 unspecified atom stereocenters. The van der Waals surface area contributed by atoms with E-state index in [0.29, 0.717) is 0 Å². The zero-order valence-corrected chi connectivity index (χ0v) is 11.8. The van der Waals surface area contributed by atoms with Crippen molar-refractivity contribution in [2.45, 2.75) is 19.3 Å². The van der Waals surface area contributed by atoms with Crippen LogP contribution in [0.2, 0.25) is 0 Å². The number of para-hydroxylation sites is 2. The molecule has 0 aliphatic heterocycles. The second kappa shape index (κ2) is 5.79. The van der Waals surface area contributed by atoms with Crippen molar-refractivity contribution < 1.29 is 4.74 Å². The summed E-state index contributed by atoms with van der Waals surface area (Å²) >= 11 is 0. The first-order chi connectivity index (χ1) is 9.13. The number of nitrogens with one attached hydrogen (secondary N) is 1. The molecule has 0 saturated heterocycles. The minimum atomic E-state index is 0.0715. The standard InChI is InChI=1S/C17H21NO/c1-17(2,14-9-5-4-6-10-14)13-18-15-11-7-8-12-16(15)19-3/h4-12,18H,13H2,1-3H3. The van der Waals surface area contributed by atoms with Crippen LogP contribution in [0, 0.1) is 0 Å². The van der Waals surface area contributed by atoms with Crippen LogP contribution in [0.4, 0.5) is 5.69 Å². The first kappa shape index (κ1) is 13.5. The molecule has 0 fully saturated rings. The molecule has 0 aliphatic carbocycles. The molecule has 2 aromatic carbocycles. The fourth-order valence-corrected chi connectivity index (χ4v) is 2.10. The predicted molar refractivity (Wildman–Crippen MR) is 81.0 cm³/mol. The summed E-state index contributed by atoms with van der Waals surface area (Å²) in [5.41, 5.74) is 2.44. The van der Waals surface area contributed by atoms with Gasteiger partial charge in [-0.25, -0.2) is 0 Å². The molecule has 0 bridgehead atoms. The monoisotopic (exact) mass is 255 g/mol. The van der Waals surface area contributed by atoms with E-state index in [1.165, 1.54) is 5.56 Å². The molecule has 100 valence electrons. The van der Waals surface area contributed by atoms with Crippen molar-refractivity contribution in [3.05, 3.63) is 60.2 Å². The Morgan fingerprint density at radius 3 is 2.26 bits per heavy atom. The van der Waals surface area contributed by atoms with Gasteiger partial charge in [-0.2, -0.15) is 0 Å². The highest BCUT2D eigenvalue weighted by molar-refractivity contribution is 5.56. The summed E-state index contributed by atoms with van der Waals surface area (Å²) in [6.07, 6.45) is 0. The van der Waals surface area contributed by atoms with E-state index in [2.05, 4.69) is 43.4 Å². The van der Waals surface area contributed by atoms with E-state index < -0.39 is 0 Å². The van der Waals surface area contributed by atoms with Gasteiger partial charge in [-0.3, -0.25) is 0 Å². The third kappa shape index (κ3) is 3.28. The van der Waals surface area contributed by atoms with Crippen LogP contribution in [0.1, 0.15) is 19.4 Å². The Morgan fingerprint density at radius 2 is 1.58 bits per heavy atom. The van der Waals surface area contributed by atoms with Gasteiger partial charge in [-0.1, -0.05) is 56.3 Å². The largest absolute Gasteiger partial charge is 0.495 e. The smallest absolute Gasteiger partial charge is 0.141 e. The Balaban J connectivity index is 2.10. The molecular weight excluding hydrogens is 234 g/mol. The lowest BCUT2D eigenvalue weighted by molar-refractivity contribution is 0.416. The molecule has 0 radical (unpaired) electrons. The third-order valence-electron chi connectivity index (χ3n) is 3.38. The van der Waals surface area contributed by atoms with Crippen molar-refractivity contribution in [1.29, 1.82) is 0 Å². The zero-order chi connectivity index (χ0) is 13.7. The van der Waals surface area contributed by atoms with E-state index in [0.717, 1.165) is 18.0 Å². The maximum Gasteiger partial charge on any atom is 0.141 e. The molecule has 0 atom stereocenters. The van der Waals surface area contributed by atoms with Crippen molar-refractivity contribution in [3.8, 4) is 5.75 Å². The Labute approximate surface area is 115 Å². The summed E-state index contributed by atoms with van der Waals surface area (Å²) in [6.45, 7) is 5.34. The number of hydrogen-bond acceptors (Lipinski definition) is 2. The molecule has 0 aromatic heterocycles. The van der Waals surface area contributed by atoms with Gasteiger partial charge in [0.05, 0.1) is 12.8 Å². The van der Waals surface area contributed by atoms with E-state index in [-0.39, 0.29) is 5.41 Å². The van der Waals surface area contributed by atoms with E-state index in [1.54, 1.807) is 7.11 Å². The maximum absolute atomic E-state index is 5.35. The van der Waals surface area contributed by atoms with Gasteiger partial charge in [0, 0.05) is 12.0 Å². The van der Waals surface area contributed by atoms with Gasteiger partial charge in [0.15, 0.2) is 0 Å². The number of anilines is 1. The molecule has 2 rings (SSSR count). The van der Waals surface area contributed by atoms with Gasteiger partial charge < -0.3 is 10.1 Å². The number of hydrogen-bond donors (Lipinski definition) is 1. The van der Waals surface area contributed by atoms with Gasteiger partial charge in [0.1, 0.15) is 5.75 Å². The van der Waals surface area contributed by atoms with Crippen LogP contribution in [0.25, 0.3) is 0 Å². The van der Waals surface area contributed by atoms with Crippen molar-refractivity contribution in [1.82, 2.24) is 0 Å². The lowest BCUT2D eigenvalue weighted by atomic mass is 9.84. The first-order valence-electron chi connectivity index (χ1n) is 6.56. The molecular formula is C17H21NO. The Bertz CT molecular complexity index is 520. The molecule has 0 saturated carbocycles. The highest BCUT2D eigenvalue weighted by Gasteiger charge is 2.20. The van der Waals surface area contributed by atoms with Gasteiger partial charge in [0.2, 0.25) is 0 Å². The molecule has 0 amide bonds.